The first kappa shape index (κ1) is 27.6. The first-order valence-corrected chi connectivity index (χ1v) is 14.0. The van der Waals surface area contributed by atoms with Crippen molar-refractivity contribution >= 4 is 17.9 Å². The van der Waals surface area contributed by atoms with E-state index in [1.54, 1.807) is 13.0 Å². The molecule has 2 aliphatic heterocycles. The molecule has 3 aliphatic carbocycles. The van der Waals surface area contributed by atoms with Crippen molar-refractivity contribution in [3.63, 3.8) is 0 Å². The van der Waals surface area contributed by atoms with Gasteiger partial charge in [-0.15, -0.1) is 0 Å². The molecule has 0 spiro atoms. The minimum atomic E-state index is -1.19. The van der Waals surface area contributed by atoms with Gasteiger partial charge in [-0.05, 0) is 74.2 Å². The third kappa shape index (κ3) is 4.52. The molecule has 0 bridgehead atoms. The number of aliphatic hydroxyl groups is 1. The average molecular weight is 537 g/mol. The number of hydrogen-bond acceptors (Lipinski definition) is 7. The van der Waals surface area contributed by atoms with Crippen LogP contribution in [0.5, 0.6) is 0 Å². The zero-order valence-corrected chi connectivity index (χ0v) is 23.8. The SMILES string of the molecule is C=C1C([C@@H](C)[C@H]2CC=C(C)C(=O)O2)=CC[C@@]2(C)[C@H]1C[C@@]1(O)C=C3C=CC(=O)OC(C)(C)[C@@H]3[C@H](OC(C)=O)C[C@@H]21. The number of esters is 3. The number of allylic oxidation sites excluding steroid dienone is 3. The van der Waals surface area contributed by atoms with Crippen LogP contribution in [0.2, 0.25) is 0 Å². The van der Waals surface area contributed by atoms with Crippen LogP contribution in [0, 0.1) is 29.1 Å². The van der Waals surface area contributed by atoms with E-state index in [2.05, 4.69) is 26.5 Å². The van der Waals surface area contributed by atoms with E-state index in [1.807, 2.05) is 26.0 Å². The number of cyclic esters (lactones) is 2. The lowest BCUT2D eigenvalue weighted by molar-refractivity contribution is -0.166. The molecule has 1 fully saturated rings. The molecule has 0 aromatic heterocycles. The van der Waals surface area contributed by atoms with Gasteiger partial charge in [-0.3, -0.25) is 4.79 Å². The summed E-state index contributed by atoms with van der Waals surface area (Å²) in [6.45, 7) is 15.6. The van der Waals surface area contributed by atoms with E-state index in [1.165, 1.54) is 13.0 Å². The number of fused-ring (bicyclic) bond motifs is 4. The van der Waals surface area contributed by atoms with Crippen molar-refractivity contribution in [3.8, 4) is 0 Å². The normalized spacial score (nSPS) is 39.8. The molecule has 0 unspecified atom stereocenters. The van der Waals surface area contributed by atoms with Crippen molar-refractivity contribution in [2.24, 2.45) is 29.1 Å². The molecule has 1 N–H and O–H groups in total. The first-order chi connectivity index (χ1) is 18.2. The Morgan fingerprint density at radius 1 is 1.21 bits per heavy atom. The van der Waals surface area contributed by atoms with Gasteiger partial charge in [-0.25, -0.2) is 9.59 Å². The van der Waals surface area contributed by atoms with Crippen LogP contribution >= 0.6 is 0 Å². The van der Waals surface area contributed by atoms with Crippen molar-refractivity contribution in [1.82, 2.24) is 0 Å². The molecule has 7 nitrogen and oxygen atoms in total. The van der Waals surface area contributed by atoms with Crippen LogP contribution in [-0.4, -0.2) is 46.4 Å². The predicted molar refractivity (Wildman–Crippen MR) is 145 cm³/mol. The van der Waals surface area contributed by atoms with Gasteiger partial charge in [-0.2, -0.15) is 0 Å². The highest BCUT2D eigenvalue weighted by Crippen LogP contribution is 2.64. The standard InChI is InChI=1S/C32H40O7/c1-17-8-10-24(38-29(17)35)19(3)22-12-13-31(7)23(18(22)2)16-32(36)15-21-9-11-27(34)39-30(5,6)28(21)25(14-26(31)32)37-20(4)33/h8-9,11-12,15,19,23-26,28,36H,2,10,13-14,16H2,1,3-7H3/t19-,23+,24-,25-,26+,28+,31+,32+/m1/s1. The molecule has 0 radical (unpaired) electrons. The summed E-state index contributed by atoms with van der Waals surface area (Å²) in [5, 5.41) is 12.3. The van der Waals surface area contributed by atoms with Crippen molar-refractivity contribution < 1.29 is 33.7 Å². The summed E-state index contributed by atoms with van der Waals surface area (Å²) < 4.78 is 17.4. The summed E-state index contributed by atoms with van der Waals surface area (Å²) in [7, 11) is 0. The van der Waals surface area contributed by atoms with Crippen molar-refractivity contribution in [2.75, 3.05) is 0 Å². The van der Waals surface area contributed by atoms with E-state index in [0.29, 0.717) is 31.3 Å². The first-order valence-electron chi connectivity index (χ1n) is 14.0. The van der Waals surface area contributed by atoms with E-state index >= 15 is 0 Å². The fourth-order valence-corrected chi connectivity index (χ4v) is 8.07. The number of carbonyl (C=O) groups is 3. The molecule has 0 amide bonds. The predicted octanol–water partition coefficient (Wildman–Crippen LogP) is 4.91. The summed E-state index contributed by atoms with van der Waals surface area (Å²) in [5.41, 5.74) is 0.963. The van der Waals surface area contributed by atoms with Gasteiger partial charge in [0, 0.05) is 36.8 Å². The van der Waals surface area contributed by atoms with E-state index in [0.717, 1.165) is 16.7 Å². The van der Waals surface area contributed by atoms with E-state index in [-0.39, 0.29) is 35.2 Å². The van der Waals surface area contributed by atoms with Crippen LogP contribution < -0.4 is 0 Å². The summed E-state index contributed by atoms with van der Waals surface area (Å²) in [6, 6.07) is 0. The molecule has 0 aromatic rings. The lowest BCUT2D eigenvalue weighted by Crippen LogP contribution is -2.46. The van der Waals surface area contributed by atoms with Crippen LogP contribution in [-0.2, 0) is 28.6 Å². The smallest absolute Gasteiger partial charge is 0.333 e. The summed E-state index contributed by atoms with van der Waals surface area (Å²) in [4.78, 5) is 36.9. The summed E-state index contributed by atoms with van der Waals surface area (Å²) >= 11 is 0. The molecule has 0 aromatic carbocycles. The van der Waals surface area contributed by atoms with Gasteiger partial charge >= 0.3 is 17.9 Å². The Morgan fingerprint density at radius 3 is 2.59 bits per heavy atom. The van der Waals surface area contributed by atoms with Crippen LogP contribution in [0.4, 0.5) is 0 Å². The Labute approximate surface area is 230 Å². The van der Waals surface area contributed by atoms with Crippen LogP contribution in [0.3, 0.4) is 0 Å². The molecule has 5 aliphatic rings. The van der Waals surface area contributed by atoms with Crippen molar-refractivity contribution in [2.45, 2.75) is 90.6 Å². The van der Waals surface area contributed by atoms with E-state index in [4.69, 9.17) is 14.2 Å². The van der Waals surface area contributed by atoms with Gasteiger partial charge in [0.15, 0.2) is 0 Å². The van der Waals surface area contributed by atoms with Gasteiger partial charge in [0.2, 0.25) is 0 Å². The lowest BCUT2D eigenvalue weighted by Gasteiger charge is -2.45. The summed E-state index contributed by atoms with van der Waals surface area (Å²) in [5.74, 6) is -1.83. The molecule has 5 rings (SSSR count). The minimum Gasteiger partial charge on any atom is -0.462 e. The van der Waals surface area contributed by atoms with Gasteiger partial charge < -0.3 is 19.3 Å². The van der Waals surface area contributed by atoms with Gasteiger partial charge in [0.25, 0.3) is 0 Å². The largest absolute Gasteiger partial charge is 0.462 e. The second-order valence-corrected chi connectivity index (χ2v) is 12.9. The highest BCUT2D eigenvalue weighted by molar-refractivity contribution is 5.88. The Balaban J connectivity index is 1.52. The fourth-order valence-electron chi connectivity index (χ4n) is 8.07. The maximum absolute atomic E-state index is 12.4. The molecular formula is C32H40O7. The van der Waals surface area contributed by atoms with Crippen molar-refractivity contribution in [1.29, 1.82) is 0 Å². The quantitative estimate of drug-likeness (QED) is 0.404. The number of ether oxygens (including phenoxy) is 3. The zero-order chi connectivity index (χ0) is 28.5. The second-order valence-electron chi connectivity index (χ2n) is 12.9. The highest BCUT2D eigenvalue weighted by Gasteiger charge is 2.63. The molecule has 0 saturated heterocycles. The highest BCUT2D eigenvalue weighted by atomic mass is 16.6. The maximum atomic E-state index is 12.4. The molecule has 2 heterocycles. The minimum absolute atomic E-state index is 0.0152. The number of carbonyl (C=O) groups excluding carboxylic acids is 3. The monoisotopic (exact) mass is 536 g/mol. The van der Waals surface area contributed by atoms with Gasteiger partial charge in [0.05, 0.1) is 11.5 Å². The molecule has 1 saturated carbocycles. The van der Waals surface area contributed by atoms with Gasteiger partial charge in [0.1, 0.15) is 17.8 Å². The number of hydrogen-bond donors (Lipinski definition) is 1. The Bertz CT molecular complexity index is 1250. The average Bonchev–Trinajstić information content (AvgIpc) is 2.91. The summed E-state index contributed by atoms with van der Waals surface area (Å²) in [6.07, 6.45) is 10.6. The Morgan fingerprint density at radius 2 is 1.92 bits per heavy atom. The third-order valence-corrected chi connectivity index (χ3v) is 10.0. The second kappa shape index (κ2) is 9.33. The fraction of sp³-hybridized carbons (Fsp3) is 0.594. The molecule has 8 atom stereocenters. The topological polar surface area (TPSA) is 99.1 Å². The van der Waals surface area contributed by atoms with E-state index in [9.17, 15) is 19.5 Å². The van der Waals surface area contributed by atoms with Gasteiger partial charge in [-0.1, -0.05) is 38.7 Å². The molecular weight excluding hydrogens is 496 g/mol. The third-order valence-electron chi connectivity index (χ3n) is 10.0. The Hall–Kier alpha value is -2.93. The van der Waals surface area contributed by atoms with Crippen LogP contribution in [0.15, 0.2) is 59.3 Å². The molecule has 39 heavy (non-hydrogen) atoms. The van der Waals surface area contributed by atoms with Crippen LogP contribution in [0.25, 0.3) is 0 Å². The zero-order valence-electron chi connectivity index (χ0n) is 23.8. The molecule has 7 heteroatoms. The lowest BCUT2D eigenvalue weighted by atomic mass is 9.61. The maximum Gasteiger partial charge on any atom is 0.333 e. The van der Waals surface area contributed by atoms with Crippen LogP contribution in [0.1, 0.15) is 67.2 Å². The Kier molecular flexibility index (Phi) is 6.61. The van der Waals surface area contributed by atoms with E-state index < -0.39 is 35.2 Å². The molecule has 210 valence electrons. The van der Waals surface area contributed by atoms with Crippen molar-refractivity contribution in [3.05, 3.63) is 59.3 Å². The number of rotatable bonds is 3.